The Bertz CT molecular complexity index is 271. The fourth-order valence-corrected chi connectivity index (χ4v) is 0.143. The molecule has 13 heteroatoms. The molecule has 112 valence electrons. The average molecular weight is 414 g/mol. The summed E-state index contributed by atoms with van der Waals surface area (Å²) in [5, 5.41) is 9.85. The number of nitrogens with one attached hydrogen (secondary N) is 1. The zero-order chi connectivity index (χ0) is 15.7. The molecule has 0 aliphatic carbocycles. The van der Waals surface area contributed by atoms with Gasteiger partial charge in [-0.15, -0.1) is 50.5 Å². The Morgan fingerprint density at radius 3 is 1.00 bits per heavy atom. The van der Waals surface area contributed by atoms with Crippen LogP contribution in [0.3, 0.4) is 0 Å². The molecule has 0 saturated carbocycles. The Labute approximate surface area is 157 Å². The summed E-state index contributed by atoms with van der Waals surface area (Å²) in [7, 11) is 0. The highest BCUT2D eigenvalue weighted by Gasteiger charge is 1.74. The third-order valence-electron chi connectivity index (χ3n) is 0.163. The van der Waals surface area contributed by atoms with Gasteiger partial charge in [0.25, 0.3) is 0 Å². The molecule has 5 nitrogen and oxygen atoms in total. The molecule has 0 saturated heterocycles. The van der Waals surface area contributed by atoms with E-state index in [1.807, 2.05) is 0 Å². The van der Waals surface area contributed by atoms with Crippen LogP contribution in [0.4, 0.5) is 0 Å². The quantitative estimate of drug-likeness (QED) is 0.129. The van der Waals surface area contributed by atoms with Gasteiger partial charge in [-0.3, -0.25) is 5.32 Å². The maximum Gasteiger partial charge on any atom is 0.182 e. The molecule has 0 rings (SSSR count). The lowest BCUT2D eigenvalue weighted by atomic mass is 11.2. The van der Waals surface area contributed by atoms with Gasteiger partial charge in [-0.25, -0.2) is 0 Å². The van der Waals surface area contributed by atoms with Crippen LogP contribution in [0.1, 0.15) is 7.43 Å². The highest BCUT2D eigenvalue weighted by molar-refractivity contribution is 8.11. The molecule has 0 amide bonds. The Kier molecular flexibility index (Phi) is 44.9. The second-order valence-corrected chi connectivity index (χ2v) is 6.39. The van der Waals surface area contributed by atoms with Crippen LogP contribution in [0.25, 0.3) is 0 Å². The lowest BCUT2D eigenvalue weighted by Crippen LogP contribution is -2.05. The largest absolute Gasteiger partial charge is 0.385 e. The molecule has 0 radical (unpaired) electrons. The Hall–Kier alpha value is 0.450. The zero-order valence-electron chi connectivity index (χ0n) is 8.60. The summed E-state index contributed by atoms with van der Waals surface area (Å²) < 4.78 is 0.789. The summed E-state index contributed by atoms with van der Waals surface area (Å²) in [6, 6.07) is 0. The molecular formula is C6H15N5S8. The van der Waals surface area contributed by atoms with Crippen LogP contribution in [0.15, 0.2) is 0 Å². The van der Waals surface area contributed by atoms with Crippen LogP contribution in [0.5, 0.6) is 0 Å². The third-order valence-corrected chi connectivity index (χ3v) is 0.377. The first-order valence-electron chi connectivity index (χ1n) is 3.30. The van der Waals surface area contributed by atoms with Crippen LogP contribution in [-0.2, 0) is 0 Å². The van der Waals surface area contributed by atoms with Gasteiger partial charge in [0.05, 0.1) is 0 Å². The van der Waals surface area contributed by atoms with Crippen LogP contribution < -0.4 is 22.5 Å². The van der Waals surface area contributed by atoms with Gasteiger partial charge < -0.3 is 17.2 Å². The molecular weight excluding hydrogens is 399 g/mol. The fourth-order valence-electron chi connectivity index (χ4n) is 0.0478. The highest BCUT2D eigenvalue weighted by Crippen LogP contribution is 1.71. The lowest BCUT2D eigenvalue weighted by Gasteiger charge is -1.79. The summed E-state index contributed by atoms with van der Waals surface area (Å²) in [5.41, 5.74) is 14.1. The first-order chi connectivity index (χ1) is 7.97. The van der Waals surface area contributed by atoms with E-state index in [4.69, 9.17) is 22.5 Å². The van der Waals surface area contributed by atoms with Gasteiger partial charge >= 0.3 is 0 Å². The number of hydrogen-bond donors (Lipinski definition) is 8. The Balaban J connectivity index is -0.0000000459. The molecule has 0 fully saturated rings. The van der Waals surface area contributed by atoms with Crippen LogP contribution >= 0.6 is 99.4 Å². The molecule has 0 aliphatic heterocycles. The summed E-state index contributed by atoms with van der Waals surface area (Å²) in [6.07, 6.45) is 1.60. The lowest BCUT2D eigenvalue weighted by molar-refractivity contribution is 1.32. The molecule has 0 spiro atoms. The third kappa shape index (κ3) is 419. The van der Waals surface area contributed by atoms with Gasteiger partial charge in [-0.2, -0.15) is 5.26 Å². The first-order valence-corrected chi connectivity index (χ1v) is 6.72. The van der Waals surface area contributed by atoms with E-state index in [9.17, 15) is 0 Å². The molecule has 0 atom stereocenters. The van der Waals surface area contributed by atoms with Gasteiger partial charge in [0.1, 0.15) is 17.3 Å². The number of thiol groups is 4. The molecule has 0 aromatic rings. The van der Waals surface area contributed by atoms with Crippen molar-refractivity contribution >= 4 is 117 Å². The predicted octanol–water partition coefficient (Wildman–Crippen LogP) is 1.39. The number of nitrogens with zero attached hydrogens (tertiary/aromatic N) is 1. The standard InChI is InChI=1S/C2H2N2S2.3CH3NS2.CH4/c3-1-4-2(5)6;3*2-1(3)4;/h(H2,4,5,6);3*(H3,2,3,4);1H4. The molecule has 0 unspecified atom stereocenters. The summed E-state index contributed by atoms with van der Waals surface area (Å²) in [5.74, 6) is 0. The fraction of sp³-hybridized carbons (Fsp3) is 0.167. The molecule has 19 heavy (non-hydrogen) atoms. The second kappa shape index (κ2) is 26.9. The highest BCUT2D eigenvalue weighted by atomic mass is 32.1. The second-order valence-electron chi connectivity index (χ2n) is 1.56. The van der Waals surface area contributed by atoms with Gasteiger partial charge in [0.15, 0.2) is 6.19 Å². The molecule has 0 aromatic heterocycles. The number of thiocarbonyl (C=S) groups is 4. The minimum Gasteiger partial charge on any atom is -0.385 e. The van der Waals surface area contributed by atoms with E-state index >= 15 is 0 Å². The van der Waals surface area contributed by atoms with Gasteiger partial charge in [0, 0.05) is 0 Å². The summed E-state index contributed by atoms with van der Waals surface area (Å²) in [4.78, 5) is 0. The number of nitriles is 1. The van der Waals surface area contributed by atoms with E-state index in [0.717, 1.165) is 0 Å². The minimum atomic E-state index is 0. The normalized spacial score (nSPS) is 5.84. The summed E-state index contributed by atoms with van der Waals surface area (Å²) in [6.45, 7) is 0. The number of rotatable bonds is 0. The molecule has 0 bridgehead atoms. The van der Waals surface area contributed by atoms with Gasteiger partial charge in [0.2, 0.25) is 0 Å². The number of nitrogens with two attached hydrogens (primary N) is 3. The smallest absolute Gasteiger partial charge is 0.182 e. The topological polar surface area (TPSA) is 114 Å². The van der Waals surface area contributed by atoms with Gasteiger partial charge in [-0.1, -0.05) is 56.3 Å². The molecule has 7 N–H and O–H groups in total. The van der Waals surface area contributed by atoms with Crippen LogP contribution in [0, 0.1) is 11.5 Å². The maximum atomic E-state index is 7.74. The van der Waals surface area contributed by atoms with Crippen molar-refractivity contribution in [1.82, 2.24) is 5.32 Å². The van der Waals surface area contributed by atoms with Crippen molar-refractivity contribution in [2.75, 3.05) is 0 Å². The predicted molar refractivity (Wildman–Crippen MR) is 114 cm³/mol. The van der Waals surface area contributed by atoms with Crippen molar-refractivity contribution in [1.29, 1.82) is 5.26 Å². The molecule has 0 heterocycles. The van der Waals surface area contributed by atoms with Crippen molar-refractivity contribution in [2.45, 2.75) is 7.43 Å². The van der Waals surface area contributed by atoms with Crippen LogP contribution in [-0.4, -0.2) is 17.3 Å². The zero-order valence-corrected chi connectivity index (χ0v) is 15.4. The summed E-state index contributed by atoms with van der Waals surface area (Å²) >= 11 is 30.9. The first kappa shape index (κ1) is 31.7. The van der Waals surface area contributed by atoms with Crippen molar-refractivity contribution in [3.8, 4) is 6.19 Å². The minimum absolute atomic E-state index is 0. The van der Waals surface area contributed by atoms with E-state index in [0.29, 0.717) is 0 Å². The van der Waals surface area contributed by atoms with Crippen molar-refractivity contribution in [3.63, 3.8) is 0 Å². The SMILES string of the molecule is C.N#CNC(=S)S.NC(=S)S.NC(=S)S.NC(=S)S. The van der Waals surface area contributed by atoms with E-state index in [1.54, 1.807) is 6.19 Å². The molecule has 0 aromatic carbocycles. The van der Waals surface area contributed by atoms with Crippen molar-refractivity contribution < 1.29 is 0 Å². The average Bonchev–Trinajstić information content (AvgIpc) is 1.98. The van der Waals surface area contributed by atoms with Gasteiger partial charge in [-0.05, 0) is 0 Å². The van der Waals surface area contributed by atoms with Crippen LogP contribution in [0.2, 0.25) is 0 Å². The van der Waals surface area contributed by atoms with E-state index in [2.05, 4.69) is 105 Å². The van der Waals surface area contributed by atoms with Crippen molar-refractivity contribution in [3.05, 3.63) is 0 Å². The Morgan fingerprint density at radius 1 is 0.842 bits per heavy atom. The molecule has 0 aliphatic rings. The maximum absolute atomic E-state index is 7.74. The van der Waals surface area contributed by atoms with E-state index < -0.39 is 0 Å². The van der Waals surface area contributed by atoms with E-state index in [-0.39, 0.29) is 24.7 Å². The monoisotopic (exact) mass is 413 g/mol. The Morgan fingerprint density at radius 2 is 1.00 bits per heavy atom. The van der Waals surface area contributed by atoms with Crippen molar-refractivity contribution in [2.24, 2.45) is 17.2 Å². The number of hydrogen-bond acceptors (Lipinski definition) is 5. The van der Waals surface area contributed by atoms with E-state index in [1.165, 1.54) is 0 Å².